The monoisotopic (exact) mass is 712 g/mol. The highest BCUT2D eigenvalue weighted by Crippen LogP contribution is 2.52. The summed E-state index contributed by atoms with van der Waals surface area (Å²) < 4.78 is 41.3. The van der Waals surface area contributed by atoms with Crippen LogP contribution in [0.1, 0.15) is 72.9 Å². The number of unbranched alkanes of at least 4 members (excludes halogenated alkanes) is 1. The summed E-state index contributed by atoms with van der Waals surface area (Å²) in [5, 5.41) is 0. The van der Waals surface area contributed by atoms with Crippen molar-refractivity contribution in [3.8, 4) is 11.1 Å². The fourth-order valence-corrected chi connectivity index (χ4v) is 8.68. The van der Waals surface area contributed by atoms with Gasteiger partial charge in [-0.25, -0.2) is 0 Å². The standard InChI is InChI=1S/C43H51F3N4O2/c1-3-24-49(32-43(44,45)46)41(52)42(38-21-10-8-19-36(38)37-20-9-11-22-39(37)42)23-12-13-26-47-27-29-48(30-28-47)35-18-14-15-33(31-35)40(51)50(25-4-2)34-16-6-5-7-17-34/h3-4,8-11,14-15,18-22,31,34H,1-2,5-7,12-13,16-17,23-30,32H2. The van der Waals surface area contributed by atoms with Crippen molar-refractivity contribution in [3.05, 3.63) is 115 Å². The Morgan fingerprint density at radius 1 is 0.808 bits per heavy atom. The maximum Gasteiger partial charge on any atom is 0.406 e. The maximum atomic E-state index is 14.5. The zero-order valence-corrected chi connectivity index (χ0v) is 30.1. The number of rotatable bonds is 14. The van der Waals surface area contributed by atoms with E-state index in [0.29, 0.717) is 24.9 Å². The molecule has 0 atom stereocenters. The lowest BCUT2D eigenvalue weighted by Crippen LogP contribution is -2.50. The predicted octanol–water partition coefficient (Wildman–Crippen LogP) is 8.48. The van der Waals surface area contributed by atoms with Crippen molar-refractivity contribution in [2.45, 2.75) is 69.0 Å². The van der Waals surface area contributed by atoms with E-state index in [1.807, 2.05) is 77.7 Å². The summed E-state index contributed by atoms with van der Waals surface area (Å²) in [6.07, 6.45) is 6.21. The molecule has 6 nitrogen and oxygen atoms in total. The number of piperazine rings is 1. The molecule has 3 aliphatic rings. The second kappa shape index (κ2) is 16.5. The van der Waals surface area contributed by atoms with Gasteiger partial charge in [0.25, 0.3) is 5.91 Å². The Morgan fingerprint density at radius 3 is 2.06 bits per heavy atom. The van der Waals surface area contributed by atoms with Gasteiger partial charge in [-0.3, -0.25) is 14.5 Å². The minimum atomic E-state index is -4.53. The third-order valence-electron chi connectivity index (χ3n) is 11.1. The molecule has 52 heavy (non-hydrogen) atoms. The van der Waals surface area contributed by atoms with Crippen molar-refractivity contribution in [1.82, 2.24) is 14.7 Å². The molecule has 1 aliphatic heterocycles. The molecule has 1 saturated carbocycles. The summed E-state index contributed by atoms with van der Waals surface area (Å²) >= 11 is 0. The zero-order chi connectivity index (χ0) is 36.7. The highest BCUT2D eigenvalue weighted by Gasteiger charge is 2.51. The molecule has 9 heteroatoms. The van der Waals surface area contributed by atoms with Crippen molar-refractivity contribution < 1.29 is 22.8 Å². The molecule has 0 aromatic heterocycles. The minimum absolute atomic E-state index is 0.0714. The lowest BCUT2D eigenvalue weighted by molar-refractivity contribution is -0.163. The first kappa shape index (κ1) is 37.4. The van der Waals surface area contributed by atoms with Gasteiger partial charge in [-0.05, 0) is 72.7 Å². The number of fused-ring (bicyclic) bond motifs is 3. The largest absolute Gasteiger partial charge is 0.406 e. The van der Waals surface area contributed by atoms with E-state index < -0.39 is 24.0 Å². The highest BCUT2D eigenvalue weighted by atomic mass is 19.4. The van der Waals surface area contributed by atoms with E-state index in [2.05, 4.69) is 29.0 Å². The van der Waals surface area contributed by atoms with Gasteiger partial charge >= 0.3 is 6.18 Å². The summed E-state index contributed by atoms with van der Waals surface area (Å²) in [7, 11) is 0. The molecule has 3 aromatic rings. The van der Waals surface area contributed by atoms with Crippen LogP contribution in [0.2, 0.25) is 0 Å². The molecule has 0 spiro atoms. The number of nitrogens with zero attached hydrogens (tertiary/aromatic N) is 4. The van der Waals surface area contributed by atoms with Crippen LogP contribution in [0, 0.1) is 0 Å². The average Bonchev–Trinajstić information content (AvgIpc) is 3.45. The van der Waals surface area contributed by atoms with E-state index in [0.717, 1.165) is 97.7 Å². The molecule has 0 unspecified atom stereocenters. The second-order valence-electron chi connectivity index (χ2n) is 14.5. The number of hydrogen-bond acceptors (Lipinski definition) is 4. The fourth-order valence-electron chi connectivity index (χ4n) is 8.68. The summed E-state index contributed by atoms with van der Waals surface area (Å²) in [5.41, 5.74) is 3.92. The fraction of sp³-hybridized carbons (Fsp3) is 0.442. The first-order chi connectivity index (χ1) is 25.2. The summed E-state index contributed by atoms with van der Waals surface area (Å²) in [6, 6.07) is 23.6. The Bertz CT molecular complexity index is 1680. The third kappa shape index (κ3) is 7.99. The number of carbonyl (C=O) groups excluding carboxylic acids is 2. The molecule has 2 amide bonds. The van der Waals surface area contributed by atoms with Gasteiger partial charge in [0.2, 0.25) is 5.91 Å². The summed E-state index contributed by atoms with van der Waals surface area (Å²) in [5.74, 6) is -0.454. The van der Waals surface area contributed by atoms with Gasteiger partial charge in [0.05, 0.1) is 0 Å². The van der Waals surface area contributed by atoms with Crippen LogP contribution < -0.4 is 4.90 Å². The van der Waals surface area contributed by atoms with E-state index in [-0.39, 0.29) is 18.5 Å². The van der Waals surface area contributed by atoms with Crippen molar-refractivity contribution in [1.29, 1.82) is 0 Å². The number of alkyl halides is 3. The van der Waals surface area contributed by atoms with Crippen LogP contribution in [-0.2, 0) is 10.2 Å². The van der Waals surface area contributed by atoms with Gasteiger partial charge in [0.1, 0.15) is 12.0 Å². The highest BCUT2D eigenvalue weighted by molar-refractivity contribution is 6.00. The zero-order valence-electron chi connectivity index (χ0n) is 30.1. The molecule has 1 heterocycles. The van der Waals surface area contributed by atoms with Gasteiger partial charge in [0.15, 0.2) is 0 Å². The van der Waals surface area contributed by atoms with Crippen molar-refractivity contribution in [2.75, 3.05) is 57.3 Å². The van der Waals surface area contributed by atoms with Gasteiger partial charge in [-0.1, -0.05) is 92.4 Å². The minimum Gasteiger partial charge on any atom is -0.369 e. The number of halogens is 3. The molecule has 3 aromatic carbocycles. The topological polar surface area (TPSA) is 47.1 Å². The molecular formula is C43H51F3N4O2. The average molecular weight is 713 g/mol. The molecule has 0 radical (unpaired) electrons. The molecule has 276 valence electrons. The van der Waals surface area contributed by atoms with Crippen molar-refractivity contribution >= 4 is 17.5 Å². The maximum absolute atomic E-state index is 14.5. The first-order valence-electron chi connectivity index (χ1n) is 18.8. The molecule has 0 bridgehead atoms. The molecule has 2 aliphatic carbocycles. The number of carbonyl (C=O) groups is 2. The Labute approximate surface area is 306 Å². The molecule has 1 saturated heterocycles. The smallest absolute Gasteiger partial charge is 0.369 e. The van der Waals surface area contributed by atoms with Crippen LogP contribution in [-0.4, -0.2) is 91.1 Å². The lowest BCUT2D eigenvalue weighted by Gasteiger charge is -2.38. The number of benzene rings is 3. The Hall–Kier alpha value is -4.37. The van der Waals surface area contributed by atoms with Crippen LogP contribution in [0.3, 0.4) is 0 Å². The third-order valence-corrected chi connectivity index (χ3v) is 11.1. The normalized spacial score (nSPS) is 17.2. The Morgan fingerprint density at radius 2 is 1.44 bits per heavy atom. The van der Waals surface area contributed by atoms with Gasteiger partial charge in [0, 0.05) is 56.6 Å². The van der Waals surface area contributed by atoms with Crippen LogP contribution in [0.4, 0.5) is 18.9 Å². The Balaban J connectivity index is 1.11. The van der Waals surface area contributed by atoms with Crippen LogP contribution in [0.25, 0.3) is 11.1 Å². The van der Waals surface area contributed by atoms with Crippen molar-refractivity contribution in [3.63, 3.8) is 0 Å². The molecule has 0 N–H and O–H groups in total. The number of anilines is 1. The molecule has 6 rings (SSSR count). The predicted molar refractivity (Wildman–Crippen MR) is 203 cm³/mol. The SMILES string of the molecule is C=CCN(CC(F)(F)F)C(=O)C1(CCCCN2CCN(c3cccc(C(=O)N(CC=C)C4CCCCC4)c3)CC2)c2ccccc2-c2ccccc21. The van der Waals surface area contributed by atoms with Gasteiger partial charge in [-0.15, -0.1) is 13.2 Å². The van der Waals surface area contributed by atoms with E-state index in [1.165, 1.54) is 12.5 Å². The van der Waals surface area contributed by atoms with Crippen LogP contribution in [0.5, 0.6) is 0 Å². The van der Waals surface area contributed by atoms with Gasteiger partial charge in [-0.2, -0.15) is 13.2 Å². The second-order valence-corrected chi connectivity index (χ2v) is 14.5. The Kier molecular flexibility index (Phi) is 11.9. The molecular weight excluding hydrogens is 661 g/mol. The first-order valence-corrected chi connectivity index (χ1v) is 18.8. The lowest BCUT2D eigenvalue weighted by atomic mass is 9.73. The molecule has 2 fully saturated rings. The summed E-state index contributed by atoms with van der Waals surface area (Å²) in [6.45, 7) is 10.8. The van der Waals surface area contributed by atoms with Gasteiger partial charge < -0.3 is 14.7 Å². The summed E-state index contributed by atoms with van der Waals surface area (Å²) in [4.78, 5) is 35.8. The van der Waals surface area contributed by atoms with E-state index in [4.69, 9.17) is 0 Å². The van der Waals surface area contributed by atoms with E-state index in [1.54, 1.807) is 0 Å². The van der Waals surface area contributed by atoms with E-state index >= 15 is 0 Å². The number of hydrogen-bond donors (Lipinski definition) is 0. The quantitative estimate of drug-likeness (QED) is 0.124. The number of amides is 2. The van der Waals surface area contributed by atoms with Crippen LogP contribution in [0.15, 0.2) is 98.1 Å². The van der Waals surface area contributed by atoms with Crippen molar-refractivity contribution in [2.24, 2.45) is 0 Å². The van der Waals surface area contributed by atoms with E-state index in [9.17, 15) is 22.8 Å². The van der Waals surface area contributed by atoms with Crippen LogP contribution >= 0.6 is 0 Å².